The van der Waals surface area contributed by atoms with Crippen molar-refractivity contribution in [3.63, 3.8) is 0 Å². The summed E-state index contributed by atoms with van der Waals surface area (Å²) in [6.45, 7) is 2.06. The fourth-order valence-electron chi connectivity index (χ4n) is 2.40. The number of rotatable bonds is 4. The van der Waals surface area contributed by atoms with Crippen LogP contribution in [0.5, 0.6) is 0 Å². The number of hydrogen-bond acceptors (Lipinski definition) is 2. The number of nitrogens with zero attached hydrogens (tertiary/aromatic N) is 1. The van der Waals surface area contributed by atoms with Crippen LogP contribution in [0.3, 0.4) is 0 Å². The Hall–Kier alpha value is -1.87. The minimum atomic E-state index is -0.149. The molecule has 0 bridgehead atoms. The van der Waals surface area contributed by atoms with Gasteiger partial charge in [0, 0.05) is 6.20 Å². The standard InChI is InChI=1S/C17H17ClN2O/c1-11-2-4-12(5-3-11)16(13-6-7-13)20-17(21)15-9-8-14(18)10-19-15/h2-5,8-10,13,16H,6-7H2,1H3,(H,20,21). The van der Waals surface area contributed by atoms with Crippen LogP contribution in [0, 0.1) is 12.8 Å². The summed E-state index contributed by atoms with van der Waals surface area (Å²) in [5.41, 5.74) is 2.78. The van der Waals surface area contributed by atoms with E-state index in [4.69, 9.17) is 11.6 Å². The third-order valence-corrected chi connectivity index (χ3v) is 4.00. The lowest BCUT2D eigenvalue weighted by Crippen LogP contribution is -2.30. The highest BCUT2D eigenvalue weighted by Crippen LogP contribution is 2.41. The van der Waals surface area contributed by atoms with Crippen LogP contribution in [-0.2, 0) is 0 Å². The van der Waals surface area contributed by atoms with Gasteiger partial charge in [-0.2, -0.15) is 0 Å². The molecule has 3 rings (SSSR count). The molecule has 0 aliphatic heterocycles. The average molecular weight is 301 g/mol. The van der Waals surface area contributed by atoms with E-state index in [0.717, 1.165) is 18.4 Å². The van der Waals surface area contributed by atoms with Gasteiger partial charge in [-0.25, -0.2) is 4.98 Å². The minimum absolute atomic E-state index is 0.0654. The highest BCUT2D eigenvalue weighted by molar-refractivity contribution is 6.30. The van der Waals surface area contributed by atoms with Crippen molar-refractivity contribution in [3.05, 3.63) is 64.4 Å². The van der Waals surface area contributed by atoms with E-state index in [1.54, 1.807) is 12.1 Å². The van der Waals surface area contributed by atoms with Crippen molar-refractivity contribution in [2.45, 2.75) is 25.8 Å². The normalized spacial score (nSPS) is 15.5. The van der Waals surface area contributed by atoms with Crippen LogP contribution in [0.1, 0.15) is 40.5 Å². The molecule has 1 unspecified atom stereocenters. The zero-order chi connectivity index (χ0) is 14.8. The molecule has 1 atom stereocenters. The molecule has 2 aromatic rings. The number of carbonyl (C=O) groups is 1. The number of aromatic nitrogens is 1. The molecule has 1 N–H and O–H groups in total. The molecule has 1 aromatic heterocycles. The van der Waals surface area contributed by atoms with Crippen molar-refractivity contribution >= 4 is 17.5 Å². The van der Waals surface area contributed by atoms with E-state index in [9.17, 15) is 4.79 Å². The Bertz CT molecular complexity index is 633. The minimum Gasteiger partial charge on any atom is -0.344 e. The summed E-state index contributed by atoms with van der Waals surface area (Å²) >= 11 is 5.80. The van der Waals surface area contributed by atoms with E-state index in [0.29, 0.717) is 16.6 Å². The predicted molar refractivity (Wildman–Crippen MR) is 83.4 cm³/mol. The first-order chi connectivity index (χ1) is 10.1. The summed E-state index contributed by atoms with van der Waals surface area (Å²) in [4.78, 5) is 16.4. The number of hydrogen-bond donors (Lipinski definition) is 1. The second kappa shape index (κ2) is 5.86. The first-order valence-corrected chi connectivity index (χ1v) is 7.50. The SMILES string of the molecule is Cc1ccc(C(NC(=O)c2ccc(Cl)cn2)C2CC2)cc1. The van der Waals surface area contributed by atoms with Gasteiger partial charge >= 0.3 is 0 Å². The van der Waals surface area contributed by atoms with Crippen molar-refractivity contribution in [2.24, 2.45) is 5.92 Å². The van der Waals surface area contributed by atoms with E-state index in [2.05, 4.69) is 41.5 Å². The molecular weight excluding hydrogens is 284 g/mol. The fraction of sp³-hybridized carbons (Fsp3) is 0.294. The lowest BCUT2D eigenvalue weighted by molar-refractivity contribution is 0.0926. The number of aryl methyl sites for hydroxylation is 1. The molecule has 1 aliphatic rings. The van der Waals surface area contributed by atoms with E-state index in [1.807, 2.05) is 0 Å². The molecule has 1 aliphatic carbocycles. The maximum absolute atomic E-state index is 12.3. The molecule has 3 nitrogen and oxygen atoms in total. The van der Waals surface area contributed by atoms with Crippen LogP contribution in [0.25, 0.3) is 0 Å². The molecule has 0 radical (unpaired) electrons. The zero-order valence-electron chi connectivity index (χ0n) is 11.8. The third kappa shape index (κ3) is 3.42. The van der Waals surface area contributed by atoms with E-state index < -0.39 is 0 Å². The van der Waals surface area contributed by atoms with Gasteiger partial charge in [0.15, 0.2) is 0 Å². The maximum Gasteiger partial charge on any atom is 0.270 e. The monoisotopic (exact) mass is 300 g/mol. The third-order valence-electron chi connectivity index (χ3n) is 3.78. The Kier molecular flexibility index (Phi) is 3.93. The maximum atomic E-state index is 12.3. The Labute approximate surface area is 129 Å². The van der Waals surface area contributed by atoms with Crippen molar-refractivity contribution in [1.29, 1.82) is 0 Å². The van der Waals surface area contributed by atoms with Crippen LogP contribution in [-0.4, -0.2) is 10.9 Å². The number of carbonyl (C=O) groups excluding carboxylic acids is 1. The smallest absolute Gasteiger partial charge is 0.270 e. The topological polar surface area (TPSA) is 42.0 Å². The van der Waals surface area contributed by atoms with Gasteiger partial charge in [-0.05, 0) is 43.4 Å². The Morgan fingerprint density at radius 2 is 1.95 bits per heavy atom. The van der Waals surface area contributed by atoms with Crippen molar-refractivity contribution in [2.75, 3.05) is 0 Å². The summed E-state index contributed by atoms with van der Waals surface area (Å²) in [7, 11) is 0. The summed E-state index contributed by atoms with van der Waals surface area (Å²) in [5.74, 6) is 0.382. The molecule has 4 heteroatoms. The average Bonchev–Trinajstić information content (AvgIpc) is 3.31. The molecular formula is C17H17ClN2O. The lowest BCUT2D eigenvalue weighted by Gasteiger charge is -2.19. The molecule has 1 saturated carbocycles. The van der Waals surface area contributed by atoms with Gasteiger partial charge in [-0.3, -0.25) is 4.79 Å². The van der Waals surface area contributed by atoms with Crippen LogP contribution in [0.15, 0.2) is 42.6 Å². The molecule has 108 valence electrons. The van der Waals surface area contributed by atoms with Gasteiger partial charge in [0.05, 0.1) is 11.1 Å². The van der Waals surface area contributed by atoms with Gasteiger partial charge in [0.25, 0.3) is 5.91 Å². The second-order valence-corrected chi connectivity index (χ2v) is 6.00. The summed E-state index contributed by atoms with van der Waals surface area (Å²) < 4.78 is 0. The van der Waals surface area contributed by atoms with E-state index >= 15 is 0 Å². The van der Waals surface area contributed by atoms with Crippen molar-refractivity contribution in [1.82, 2.24) is 10.3 Å². The molecule has 1 amide bonds. The van der Waals surface area contributed by atoms with Crippen LogP contribution in [0.4, 0.5) is 0 Å². The zero-order valence-corrected chi connectivity index (χ0v) is 12.6. The molecule has 1 heterocycles. The van der Waals surface area contributed by atoms with Crippen molar-refractivity contribution < 1.29 is 4.79 Å². The molecule has 0 saturated heterocycles. The Morgan fingerprint density at radius 3 is 2.52 bits per heavy atom. The first-order valence-electron chi connectivity index (χ1n) is 7.12. The van der Waals surface area contributed by atoms with Crippen LogP contribution in [0.2, 0.25) is 5.02 Å². The Morgan fingerprint density at radius 1 is 1.24 bits per heavy atom. The van der Waals surface area contributed by atoms with E-state index in [-0.39, 0.29) is 11.9 Å². The van der Waals surface area contributed by atoms with Gasteiger partial charge in [-0.1, -0.05) is 41.4 Å². The quantitative estimate of drug-likeness (QED) is 0.929. The predicted octanol–water partition coefficient (Wildman–Crippen LogP) is 3.92. The van der Waals surface area contributed by atoms with Crippen LogP contribution >= 0.6 is 11.6 Å². The molecule has 0 spiro atoms. The number of nitrogens with one attached hydrogen (secondary N) is 1. The largest absolute Gasteiger partial charge is 0.344 e. The van der Waals surface area contributed by atoms with Gasteiger partial charge in [-0.15, -0.1) is 0 Å². The highest BCUT2D eigenvalue weighted by Gasteiger charge is 2.33. The van der Waals surface area contributed by atoms with Gasteiger partial charge in [0.2, 0.25) is 0 Å². The van der Waals surface area contributed by atoms with Crippen molar-refractivity contribution in [3.8, 4) is 0 Å². The van der Waals surface area contributed by atoms with Crippen LogP contribution < -0.4 is 5.32 Å². The number of amides is 1. The van der Waals surface area contributed by atoms with Gasteiger partial charge < -0.3 is 5.32 Å². The van der Waals surface area contributed by atoms with Gasteiger partial charge in [0.1, 0.15) is 5.69 Å². The number of benzene rings is 1. The number of halogens is 1. The van der Waals surface area contributed by atoms with E-state index in [1.165, 1.54) is 11.8 Å². The summed E-state index contributed by atoms with van der Waals surface area (Å²) in [5, 5.41) is 3.64. The fourth-order valence-corrected chi connectivity index (χ4v) is 2.51. The lowest BCUT2D eigenvalue weighted by atomic mass is 10.0. The molecule has 1 fully saturated rings. The highest BCUT2D eigenvalue weighted by atomic mass is 35.5. The summed E-state index contributed by atoms with van der Waals surface area (Å²) in [6.07, 6.45) is 3.81. The number of pyridine rings is 1. The Balaban J connectivity index is 1.77. The first kappa shape index (κ1) is 14.1. The second-order valence-electron chi connectivity index (χ2n) is 5.56. The summed E-state index contributed by atoms with van der Waals surface area (Å²) in [6, 6.07) is 11.7. The molecule has 21 heavy (non-hydrogen) atoms. The molecule has 1 aromatic carbocycles.